The zero-order chi connectivity index (χ0) is 17.3. The first-order chi connectivity index (χ1) is 12.3. The van der Waals surface area contributed by atoms with E-state index in [1.54, 1.807) is 0 Å². The molecule has 2 fully saturated rings. The van der Waals surface area contributed by atoms with Crippen molar-refractivity contribution in [3.05, 3.63) is 22.7 Å². The molecule has 5 heteroatoms. The molecule has 1 N–H and O–H groups in total. The van der Waals surface area contributed by atoms with Crippen LogP contribution < -0.4 is 10.1 Å². The molecule has 1 aromatic carbocycles. The topological polar surface area (TPSA) is 27.7 Å². The lowest BCUT2D eigenvalue weighted by molar-refractivity contribution is 0.183. The summed E-state index contributed by atoms with van der Waals surface area (Å²) >= 11 is 3.57. The lowest BCUT2D eigenvalue weighted by atomic mass is 10.1. The molecule has 140 valence electrons. The van der Waals surface area contributed by atoms with Gasteiger partial charge < -0.3 is 15.0 Å². The summed E-state index contributed by atoms with van der Waals surface area (Å²) in [5.74, 6) is 0.963. The van der Waals surface area contributed by atoms with Crippen molar-refractivity contribution in [1.82, 2.24) is 9.80 Å². The molecule has 0 amide bonds. The second kappa shape index (κ2) is 10.4. The quantitative estimate of drug-likeness (QED) is 0.695. The molecule has 0 saturated carbocycles. The van der Waals surface area contributed by atoms with Crippen LogP contribution in [0.1, 0.15) is 38.5 Å². The van der Waals surface area contributed by atoms with Crippen LogP contribution in [0, 0.1) is 0 Å². The Morgan fingerprint density at radius 3 is 2.20 bits per heavy atom. The fraction of sp³-hybridized carbons (Fsp3) is 0.700. The Balaban J connectivity index is 1.45. The minimum Gasteiger partial charge on any atom is -0.490 e. The van der Waals surface area contributed by atoms with Crippen molar-refractivity contribution in [3.63, 3.8) is 0 Å². The molecule has 25 heavy (non-hydrogen) atoms. The maximum atomic E-state index is 6.12. The molecule has 2 saturated heterocycles. The maximum Gasteiger partial charge on any atom is 0.143 e. The zero-order valence-electron chi connectivity index (χ0n) is 15.3. The Kier molecular flexibility index (Phi) is 7.89. The third-order valence-corrected chi connectivity index (χ3v) is 5.74. The van der Waals surface area contributed by atoms with Gasteiger partial charge in [0.15, 0.2) is 0 Å². The average Bonchev–Trinajstić information content (AvgIpc) is 2.65. The average molecular weight is 410 g/mol. The van der Waals surface area contributed by atoms with E-state index in [-0.39, 0.29) is 0 Å². The van der Waals surface area contributed by atoms with Gasteiger partial charge in [-0.1, -0.05) is 28.8 Å². The highest BCUT2D eigenvalue weighted by molar-refractivity contribution is 9.10. The Hall–Kier alpha value is -0.780. The number of nitrogens with zero attached hydrogens (tertiary/aromatic N) is 2. The standard InChI is InChI=1S/C20H32BrN3O/c21-18-7-8-19(22-9-14-23-10-3-1-4-11-23)20(17-18)25-16-15-24-12-5-2-6-13-24/h7-8,17,22H,1-6,9-16H2. The molecule has 1 aromatic rings. The van der Waals surface area contributed by atoms with Crippen molar-refractivity contribution < 1.29 is 4.74 Å². The summed E-state index contributed by atoms with van der Waals surface area (Å²) in [4.78, 5) is 5.08. The van der Waals surface area contributed by atoms with E-state index in [9.17, 15) is 0 Å². The molecular weight excluding hydrogens is 378 g/mol. The van der Waals surface area contributed by atoms with Crippen LogP contribution in [-0.2, 0) is 0 Å². The molecular formula is C20H32BrN3O. The molecule has 4 nitrogen and oxygen atoms in total. The third kappa shape index (κ3) is 6.46. The molecule has 0 aromatic heterocycles. The molecule has 0 bridgehead atoms. The molecule has 0 aliphatic carbocycles. The van der Waals surface area contributed by atoms with E-state index in [2.05, 4.69) is 49.2 Å². The van der Waals surface area contributed by atoms with Crippen LogP contribution >= 0.6 is 15.9 Å². The van der Waals surface area contributed by atoms with Crippen LogP contribution in [0.5, 0.6) is 5.75 Å². The van der Waals surface area contributed by atoms with Crippen molar-refractivity contribution in [3.8, 4) is 5.75 Å². The summed E-state index contributed by atoms with van der Waals surface area (Å²) < 4.78 is 7.19. The normalized spacial score (nSPS) is 19.7. The van der Waals surface area contributed by atoms with E-state index in [0.29, 0.717) is 0 Å². The highest BCUT2D eigenvalue weighted by Gasteiger charge is 2.12. The number of halogens is 1. The van der Waals surface area contributed by atoms with E-state index in [1.807, 2.05) is 0 Å². The second-order valence-electron chi connectivity index (χ2n) is 7.22. The molecule has 3 rings (SSSR count). The van der Waals surface area contributed by atoms with Gasteiger partial charge in [-0.15, -0.1) is 0 Å². The van der Waals surface area contributed by atoms with E-state index < -0.39 is 0 Å². The summed E-state index contributed by atoms with van der Waals surface area (Å²) in [5.41, 5.74) is 1.11. The van der Waals surface area contributed by atoms with Crippen LogP contribution in [0.15, 0.2) is 22.7 Å². The zero-order valence-corrected chi connectivity index (χ0v) is 16.9. The van der Waals surface area contributed by atoms with Crippen molar-refractivity contribution in [2.75, 3.05) is 57.7 Å². The van der Waals surface area contributed by atoms with Gasteiger partial charge in [-0.05, 0) is 70.1 Å². The highest BCUT2D eigenvalue weighted by Crippen LogP contribution is 2.28. The number of anilines is 1. The first-order valence-corrected chi connectivity index (χ1v) is 10.7. The fourth-order valence-electron chi connectivity index (χ4n) is 3.76. The summed E-state index contributed by atoms with van der Waals surface area (Å²) in [5, 5.41) is 3.58. The minimum absolute atomic E-state index is 0.761. The van der Waals surface area contributed by atoms with E-state index in [4.69, 9.17) is 4.74 Å². The van der Waals surface area contributed by atoms with Gasteiger partial charge in [-0.25, -0.2) is 0 Å². The third-order valence-electron chi connectivity index (χ3n) is 5.25. The summed E-state index contributed by atoms with van der Waals surface area (Å²) in [6.45, 7) is 8.83. The largest absolute Gasteiger partial charge is 0.490 e. The lowest BCUT2D eigenvalue weighted by Crippen LogP contribution is -2.34. The lowest BCUT2D eigenvalue weighted by Gasteiger charge is -2.27. The number of hydrogen-bond donors (Lipinski definition) is 1. The minimum atomic E-state index is 0.761. The molecule has 0 radical (unpaired) electrons. The molecule has 0 unspecified atom stereocenters. The van der Waals surface area contributed by atoms with Crippen LogP contribution in [0.3, 0.4) is 0 Å². The number of piperidine rings is 2. The Labute approximate surface area is 161 Å². The highest BCUT2D eigenvalue weighted by atomic mass is 79.9. The SMILES string of the molecule is Brc1ccc(NCCN2CCCCC2)c(OCCN2CCCCC2)c1. The van der Waals surface area contributed by atoms with Gasteiger partial charge in [0.05, 0.1) is 5.69 Å². The number of nitrogens with one attached hydrogen (secondary N) is 1. The number of ether oxygens (including phenoxy) is 1. The first-order valence-electron chi connectivity index (χ1n) is 9.92. The van der Waals surface area contributed by atoms with Gasteiger partial charge in [0.2, 0.25) is 0 Å². The van der Waals surface area contributed by atoms with Gasteiger partial charge in [-0.2, -0.15) is 0 Å². The maximum absolute atomic E-state index is 6.12. The molecule has 2 aliphatic rings. The van der Waals surface area contributed by atoms with Gasteiger partial charge in [0.25, 0.3) is 0 Å². The summed E-state index contributed by atoms with van der Waals surface area (Å²) in [6, 6.07) is 6.29. The van der Waals surface area contributed by atoms with Crippen LogP contribution in [0.2, 0.25) is 0 Å². The Morgan fingerprint density at radius 1 is 0.880 bits per heavy atom. The molecule has 0 spiro atoms. The number of rotatable bonds is 8. The Morgan fingerprint density at radius 2 is 1.52 bits per heavy atom. The summed E-state index contributed by atoms with van der Waals surface area (Å²) in [7, 11) is 0. The van der Waals surface area contributed by atoms with Crippen LogP contribution in [-0.4, -0.2) is 62.2 Å². The molecule has 2 aliphatic heterocycles. The van der Waals surface area contributed by atoms with Gasteiger partial charge in [0, 0.05) is 24.1 Å². The second-order valence-corrected chi connectivity index (χ2v) is 8.14. The molecule has 0 atom stereocenters. The van der Waals surface area contributed by atoms with Crippen molar-refractivity contribution in [2.45, 2.75) is 38.5 Å². The fourth-order valence-corrected chi connectivity index (χ4v) is 4.10. The molecule has 2 heterocycles. The summed E-state index contributed by atoms with van der Waals surface area (Å²) in [6.07, 6.45) is 8.15. The van der Waals surface area contributed by atoms with Crippen LogP contribution in [0.25, 0.3) is 0 Å². The van der Waals surface area contributed by atoms with Crippen molar-refractivity contribution in [2.24, 2.45) is 0 Å². The van der Waals surface area contributed by atoms with E-state index >= 15 is 0 Å². The van der Waals surface area contributed by atoms with E-state index in [0.717, 1.165) is 42.2 Å². The Bertz CT molecular complexity index is 514. The van der Waals surface area contributed by atoms with Gasteiger partial charge in [-0.3, -0.25) is 4.90 Å². The number of likely N-dealkylation sites (tertiary alicyclic amines) is 2. The number of hydrogen-bond acceptors (Lipinski definition) is 4. The van der Waals surface area contributed by atoms with Crippen molar-refractivity contribution >= 4 is 21.6 Å². The predicted octanol–water partition coefficient (Wildman–Crippen LogP) is 4.21. The van der Waals surface area contributed by atoms with Gasteiger partial charge >= 0.3 is 0 Å². The monoisotopic (exact) mass is 409 g/mol. The number of benzene rings is 1. The van der Waals surface area contributed by atoms with Crippen LogP contribution in [0.4, 0.5) is 5.69 Å². The van der Waals surface area contributed by atoms with Gasteiger partial charge in [0.1, 0.15) is 12.4 Å². The smallest absolute Gasteiger partial charge is 0.143 e. The first kappa shape index (κ1) is 19.0. The van der Waals surface area contributed by atoms with Crippen molar-refractivity contribution in [1.29, 1.82) is 0 Å². The van der Waals surface area contributed by atoms with E-state index in [1.165, 1.54) is 64.7 Å². The predicted molar refractivity (Wildman–Crippen MR) is 109 cm³/mol.